The number of hydrogen-bond acceptors (Lipinski definition) is 5. The zero-order valence-electron chi connectivity index (χ0n) is 18.7. The number of benzene rings is 2. The van der Waals surface area contributed by atoms with E-state index in [0.717, 1.165) is 32.1 Å². The fourth-order valence-corrected chi connectivity index (χ4v) is 6.65. The third kappa shape index (κ3) is 6.14. The summed E-state index contributed by atoms with van der Waals surface area (Å²) in [6.45, 7) is 0.608. The largest absolute Gasteiger partial charge is 0.280 e. The normalized spacial score (nSPS) is 18.2. The summed E-state index contributed by atoms with van der Waals surface area (Å²) in [5, 5.41) is 0. The quantitative estimate of drug-likeness (QED) is 0.609. The molecule has 2 N–H and O–H groups in total. The Balaban J connectivity index is 1.48. The lowest BCUT2D eigenvalue weighted by atomic mass is 9.84. The highest BCUT2D eigenvalue weighted by Gasteiger charge is 2.21. The van der Waals surface area contributed by atoms with Crippen molar-refractivity contribution in [2.45, 2.75) is 73.5 Å². The summed E-state index contributed by atoms with van der Waals surface area (Å²) in [5.74, 6) is 0.951. The maximum atomic E-state index is 12.9. The average molecular weight is 490 g/mol. The van der Waals surface area contributed by atoms with E-state index in [4.69, 9.17) is 0 Å². The second-order valence-electron chi connectivity index (χ2n) is 8.78. The first-order valence-corrected chi connectivity index (χ1v) is 14.6. The van der Waals surface area contributed by atoms with Gasteiger partial charge >= 0.3 is 0 Å². The van der Waals surface area contributed by atoms with Crippen molar-refractivity contribution in [3.05, 3.63) is 54.1 Å². The Morgan fingerprint density at radius 2 is 1.42 bits per heavy atom. The van der Waals surface area contributed by atoms with E-state index in [2.05, 4.69) is 14.4 Å². The lowest BCUT2D eigenvalue weighted by molar-refractivity contribution is 0.443. The van der Waals surface area contributed by atoms with Crippen molar-refractivity contribution in [3.63, 3.8) is 0 Å². The van der Waals surface area contributed by atoms with E-state index in [9.17, 15) is 16.8 Å². The van der Waals surface area contributed by atoms with Gasteiger partial charge in [0.2, 0.25) is 0 Å². The highest BCUT2D eigenvalue weighted by atomic mass is 32.2. The first-order chi connectivity index (χ1) is 15.8. The van der Waals surface area contributed by atoms with E-state index >= 15 is 0 Å². The van der Waals surface area contributed by atoms with Crippen LogP contribution in [0.25, 0.3) is 0 Å². The van der Waals surface area contributed by atoms with Gasteiger partial charge in [0, 0.05) is 13.0 Å². The molecule has 33 heavy (non-hydrogen) atoms. The van der Waals surface area contributed by atoms with Gasteiger partial charge in [-0.25, -0.2) is 16.8 Å². The third-order valence-electron chi connectivity index (χ3n) is 6.29. The molecule has 7 nitrogen and oxygen atoms in total. The molecule has 9 heteroatoms. The standard InChI is InChI=1S/C24H31N3O4S2/c28-32(29,22-15-13-20(14-16-22)19-8-3-1-4-9-19)26-21-10-7-11-23(18-21)33(30,31)27-24-12-5-2-6-17-25-24/h7,10-11,13-16,18-19,26H,1-6,8-9,12,17H2,(H,25,27). The van der Waals surface area contributed by atoms with Crippen molar-refractivity contribution in [2.75, 3.05) is 11.3 Å². The molecule has 0 unspecified atom stereocenters. The Labute approximate surface area is 196 Å². The van der Waals surface area contributed by atoms with Gasteiger partial charge in [0.1, 0.15) is 5.84 Å². The second-order valence-corrected chi connectivity index (χ2v) is 12.1. The van der Waals surface area contributed by atoms with E-state index in [1.807, 2.05) is 12.1 Å². The van der Waals surface area contributed by atoms with Crippen molar-refractivity contribution in [1.29, 1.82) is 0 Å². The molecule has 0 radical (unpaired) electrons. The van der Waals surface area contributed by atoms with Crippen LogP contribution in [0.1, 0.15) is 69.3 Å². The fraction of sp³-hybridized carbons (Fsp3) is 0.458. The SMILES string of the molecule is O=S(=O)(NC1=NCCCCC1)c1cccc(NS(=O)(=O)c2ccc(C3CCCCC3)cc2)c1. The number of nitrogens with zero attached hydrogens (tertiary/aromatic N) is 1. The maximum absolute atomic E-state index is 12.9. The van der Waals surface area contributed by atoms with Crippen LogP contribution in [-0.2, 0) is 20.0 Å². The molecule has 1 saturated carbocycles. The highest BCUT2D eigenvalue weighted by Crippen LogP contribution is 2.33. The van der Waals surface area contributed by atoms with E-state index in [1.54, 1.807) is 12.1 Å². The van der Waals surface area contributed by atoms with E-state index in [0.29, 0.717) is 24.7 Å². The van der Waals surface area contributed by atoms with Crippen LogP contribution in [0.3, 0.4) is 0 Å². The summed E-state index contributed by atoms with van der Waals surface area (Å²) in [5.41, 5.74) is 1.37. The van der Waals surface area contributed by atoms with E-state index < -0.39 is 20.0 Å². The van der Waals surface area contributed by atoms with Gasteiger partial charge in [0.15, 0.2) is 0 Å². The van der Waals surface area contributed by atoms with E-state index in [1.165, 1.54) is 49.1 Å². The molecule has 0 aromatic heterocycles. The molecular formula is C24H31N3O4S2. The van der Waals surface area contributed by atoms with Crippen molar-refractivity contribution in [2.24, 2.45) is 4.99 Å². The van der Waals surface area contributed by atoms with Crippen LogP contribution in [0.4, 0.5) is 5.69 Å². The van der Waals surface area contributed by atoms with Crippen LogP contribution in [-0.4, -0.2) is 29.2 Å². The van der Waals surface area contributed by atoms with Crippen molar-refractivity contribution in [1.82, 2.24) is 4.72 Å². The Hall–Kier alpha value is -2.39. The van der Waals surface area contributed by atoms with Crippen molar-refractivity contribution >= 4 is 31.6 Å². The molecule has 1 fully saturated rings. The maximum Gasteiger partial charge on any atom is 0.262 e. The number of anilines is 1. The van der Waals surface area contributed by atoms with Crippen LogP contribution in [0, 0.1) is 0 Å². The van der Waals surface area contributed by atoms with Gasteiger partial charge in [-0.2, -0.15) is 0 Å². The van der Waals surface area contributed by atoms with Crippen LogP contribution < -0.4 is 9.44 Å². The molecular weight excluding hydrogens is 458 g/mol. The van der Waals surface area contributed by atoms with Crippen LogP contribution in [0.2, 0.25) is 0 Å². The molecule has 0 bridgehead atoms. The second kappa shape index (κ2) is 10.3. The summed E-state index contributed by atoms with van der Waals surface area (Å²) < 4.78 is 56.5. The smallest absolute Gasteiger partial charge is 0.262 e. The summed E-state index contributed by atoms with van der Waals surface area (Å²) in [6.07, 6.45) is 9.44. The molecule has 2 aromatic carbocycles. The predicted molar refractivity (Wildman–Crippen MR) is 131 cm³/mol. The van der Waals surface area contributed by atoms with Gasteiger partial charge < -0.3 is 0 Å². The fourth-order valence-electron chi connectivity index (χ4n) is 4.47. The van der Waals surface area contributed by atoms with Gasteiger partial charge in [0.25, 0.3) is 20.0 Å². The molecule has 0 amide bonds. The molecule has 2 aliphatic rings. The minimum atomic E-state index is -3.85. The lowest BCUT2D eigenvalue weighted by Crippen LogP contribution is -2.30. The molecule has 1 heterocycles. The number of aliphatic imine (C=N–C) groups is 1. The number of nitrogens with one attached hydrogen (secondary N) is 2. The van der Waals surface area contributed by atoms with Crippen LogP contribution in [0.15, 0.2) is 63.3 Å². The Morgan fingerprint density at radius 1 is 0.727 bits per heavy atom. The van der Waals surface area contributed by atoms with E-state index in [-0.39, 0.29) is 15.5 Å². The number of rotatable bonds is 6. The molecule has 178 valence electrons. The average Bonchev–Trinajstić information content (AvgIpc) is 3.08. The number of sulfonamides is 2. The van der Waals surface area contributed by atoms with Gasteiger partial charge in [-0.15, -0.1) is 0 Å². The predicted octanol–water partition coefficient (Wildman–Crippen LogP) is 4.79. The van der Waals surface area contributed by atoms with Gasteiger partial charge in [-0.3, -0.25) is 14.4 Å². The number of hydrogen-bond donors (Lipinski definition) is 2. The van der Waals surface area contributed by atoms with Gasteiger partial charge in [-0.1, -0.05) is 43.9 Å². The lowest BCUT2D eigenvalue weighted by Gasteiger charge is -2.22. The molecule has 2 aromatic rings. The summed E-state index contributed by atoms with van der Waals surface area (Å²) in [6, 6.07) is 12.9. The Kier molecular flexibility index (Phi) is 7.38. The van der Waals surface area contributed by atoms with Gasteiger partial charge in [-0.05, 0) is 67.5 Å². The van der Waals surface area contributed by atoms with Crippen LogP contribution >= 0.6 is 0 Å². The monoisotopic (exact) mass is 489 g/mol. The summed E-state index contributed by atoms with van der Waals surface area (Å²) in [7, 11) is -7.70. The van der Waals surface area contributed by atoms with Crippen LogP contribution in [0.5, 0.6) is 0 Å². The topological polar surface area (TPSA) is 105 Å². The zero-order valence-corrected chi connectivity index (χ0v) is 20.3. The zero-order chi connectivity index (χ0) is 23.3. The highest BCUT2D eigenvalue weighted by molar-refractivity contribution is 7.92. The molecule has 1 aliphatic carbocycles. The Morgan fingerprint density at radius 3 is 2.18 bits per heavy atom. The third-order valence-corrected chi connectivity index (χ3v) is 9.07. The van der Waals surface area contributed by atoms with Crippen molar-refractivity contribution < 1.29 is 16.8 Å². The summed E-state index contributed by atoms with van der Waals surface area (Å²) >= 11 is 0. The van der Waals surface area contributed by atoms with Gasteiger partial charge in [0.05, 0.1) is 15.5 Å². The number of amidine groups is 1. The van der Waals surface area contributed by atoms with Crippen molar-refractivity contribution in [3.8, 4) is 0 Å². The summed E-state index contributed by atoms with van der Waals surface area (Å²) in [4.78, 5) is 4.45. The first-order valence-electron chi connectivity index (χ1n) is 11.6. The molecule has 4 rings (SSSR count). The molecule has 0 spiro atoms. The molecule has 1 aliphatic heterocycles. The minimum Gasteiger partial charge on any atom is -0.280 e. The Bertz CT molecular complexity index is 1200. The first kappa shape index (κ1) is 23.8. The minimum absolute atomic E-state index is 0.0118. The molecule has 0 saturated heterocycles. The molecule has 0 atom stereocenters.